The van der Waals surface area contributed by atoms with Crippen LogP contribution in [0.25, 0.3) is 0 Å². The fraction of sp³-hybridized carbons (Fsp3) is 0.500. The zero-order valence-electron chi connectivity index (χ0n) is 12.4. The van der Waals surface area contributed by atoms with Gasteiger partial charge in [-0.15, -0.1) is 0 Å². The number of carboxylic acids is 1. The van der Waals surface area contributed by atoms with Crippen molar-refractivity contribution in [3.63, 3.8) is 0 Å². The summed E-state index contributed by atoms with van der Waals surface area (Å²) in [6, 6.07) is 6.32. The van der Waals surface area contributed by atoms with Gasteiger partial charge in [-0.25, -0.2) is 8.42 Å². The molecule has 0 unspecified atom stereocenters. The Hall–Kier alpha value is -1.60. The van der Waals surface area contributed by atoms with Gasteiger partial charge < -0.3 is 9.84 Å². The molecule has 7 heteroatoms. The minimum absolute atomic E-state index is 0.122. The largest absolute Gasteiger partial charge is 0.481 e. The third-order valence-electron chi connectivity index (χ3n) is 3.12. The fourth-order valence-electron chi connectivity index (χ4n) is 1.62. The molecule has 0 aromatic heterocycles. The molecule has 0 saturated heterocycles. The predicted molar refractivity (Wildman–Crippen MR) is 81.0 cm³/mol. The van der Waals surface area contributed by atoms with E-state index in [1.54, 1.807) is 45.0 Å². The Bertz CT molecular complexity index is 578. The first kappa shape index (κ1) is 17.5. The van der Waals surface area contributed by atoms with Crippen molar-refractivity contribution in [1.82, 2.24) is 0 Å². The van der Waals surface area contributed by atoms with E-state index in [4.69, 9.17) is 9.84 Å². The van der Waals surface area contributed by atoms with Crippen LogP contribution in [0.1, 0.15) is 26.3 Å². The highest BCUT2D eigenvalue weighted by molar-refractivity contribution is 7.92. The van der Waals surface area contributed by atoms with Crippen molar-refractivity contribution >= 4 is 21.7 Å². The van der Waals surface area contributed by atoms with Gasteiger partial charge in [-0.2, -0.15) is 0 Å². The van der Waals surface area contributed by atoms with Gasteiger partial charge in [0.15, 0.2) is 0 Å². The van der Waals surface area contributed by atoms with Crippen LogP contribution >= 0.6 is 0 Å². The molecule has 0 bridgehead atoms. The van der Waals surface area contributed by atoms with E-state index in [-0.39, 0.29) is 12.4 Å². The predicted octanol–water partition coefficient (Wildman–Crippen LogP) is 1.83. The normalized spacial score (nSPS) is 12.1. The molecular formula is C14H21NO5S. The van der Waals surface area contributed by atoms with Crippen molar-refractivity contribution in [3.05, 3.63) is 29.8 Å². The van der Waals surface area contributed by atoms with Gasteiger partial charge >= 0.3 is 5.97 Å². The third-order valence-corrected chi connectivity index (χ3v) is 4.37. The van der Waals surface area contributed by atoms with Crippen LogP contribution in [-0.2, 0) is 25.0 Å². The van der Waals surface area contributed by atoms with E-state index in [0.717, 1.165) is 0 Å². The van der Waals surface area contributed by atoms with E-state index in [1.807, 2.05) is 0 Å². The SMILES string of the molecule is CCOCCS(=O)(=O)Nc1ccc(C(C)(C)C(=O)O)cc1. The van der Waals surface area contributed by atoms with Crippen LogP contribution < -0.4 is 4.72 Å². The molecule has 1 aromatic carbocycles. The van der Waals surface area contributed by atoms with Crippen LogP contribution in [0.2, 0.25) is 0 Å². The van der Waals surface area contributed by atoms with Crippen LogP contribution in [0.3, 0.4) is 0 Å². The number of hydrogen-bond donors (Lipinski definition) is 2. The summed E-state index contributed by atoms with van der Waals surface area (Å²) in [4.78, 5) is 11.2. The van der Waals surface area contributed by atoms with Crippen LogP contribution in [0.5, 0.6) is 0 Å². The van der Waals surface area contributed by atoms with Gasteiger partial charge in [-0.3, -0.25) is 9.52 Å². The van der Waals surface area contributed by atoms with Crippen molar-refractivity contribution < 1.29 is 23.1 Å². The molecule has 1 aromatic rings. The number of ether oxygens (including phenoxy) is 1. The Balaban J connectivity index is 2.77. The summed E-state index contributed by atoms with van der Waals surface area (Å²) in [5, 5.41) is 9.15. The second-order valence-electron chi connectivity index (χ2n) is 5.13. The summed E-state index contributed by atoms with van der Waals surface area (Å²) in [6.07, 6.45) is 0. The minimum Gasteiger partial charge on any atom is -0.481 e. The molecule has 118 valence electrons. The van der Waals surface area contributed by atoms with Crippen molar-refractivity contribution in [2.75, 3.05) is 23.7 Å². The first-order chi connectivity index (χ1) is 9.69. The Morgan fingerprint density at radius 2 is 1.86 bits per heavy atom. The molecule has 21 heavy (non-hydrogen) atoms. The number of nitrogens with one attached hydrogen (secondary N) is 1. The maximum Gasteiger partial charge on any atom is 0.313 e. The lowest BCUT2D eigenvalue weighted by atomic mass is 9.85. The highest BCUT2D eigenvalue weighted by Crippen LogP contribution is 2.25. The van der Waals surface area contributed by atoms with Crippen molar-refractivity contribution in [2.24, 2.45) is 0 Å². The van der Waals surface area contributed by atoms with Crippen molar-refractivity contribution in [3.8, 4) is 0 Å². The average Bonchev–Trinajstić information content (AvgIpc) is 2.38. The topological polar surface area (TPSA) is 92.7 Å². The molecule has 0 aliphatic heterocycles. The second-order valence-corrected chi connectivity index (χ2v) is 6.97. The summed E-state index contributed by atoms with van der Waals surface area (Å²) in [6.45, 7) is 5.58. The number of benzene rings is 1. The van der Waals surface area contributed by atoms with Crippen molar-refractivity contribution in [2.45, 2.75) is 26.2 Å². The van der Waals surface area contributed by atoms with Gasteiger partial charge in [0.1, 0.15) is 0 Å². The molecule has 0 aliphatic rings. The van der Waals surface area contributed by atoms with E-state index >= 15 is 0 Å². The van der Waals surface area contributed by atoms with Gasteiger partial charge in [0.2, 0.25) is 10.0 Å². The van der Waals surface area contributed by atoms with E-state index in [2.05, 4.69) is 4.72 Å². The van der Waals surface area contributed by atoms with Gasteiger partial charge in [-0.1, -0.05) is 12.1 Å². The zero-order chi connectivity index (χ0) is 16.1. The summed E-state index contributed by atoms with van der Waals surface area (Å²) in [7, 11) is -3.46. The zero-order valence-corrected chi connectivity index (χ0v) is 13.2. The van der Waals surface area contributed by atoms with Crippen LogP contribution in [0.15, 0.2) is 24.3 Å². The molecule has 0 radical (unpaired) electrons. The maximum absolute atomic E-state index is 11.8. The van der Waals surface area contributed by atoms with Gasteiger partial charge in [0.25, 0.3) is 0 Å². The molecule has 0 spiro atoms. The number of anilines is 1. The third kappa shape index (κ3) is 5.02. The Kier molecular flexibility index (Phi) is 5.74. The Morgan fingerprint density at radius 1 is 1.29 bits per heavy atom. The van der Waals surface area contributed by atoms with Crippen molar-refractivity contribution in [1.29, 1.82) is 0 Å². The second kappa shape index (κ2) is 6.91. The highest BCUT2D eigenvalue weighted by atomic mass is 32.2. The smallest absolute Gasteiger partial charge is 0.313 e. The lowest BCUT2D eigenvalue weighted by Gasteiger charge is -2.20. The summed E-state index contributed by atoms with van der Waals surface area (Å²) < 4.78 is 31.0. The number of aliphatic carboxylic acids is 1. The van der Waals surface area contributed by atoms with E-state index in [9.17, 15) is 13.2 Å². The molecule has 0 atom stereocenters. The van der Waals surface area contributed by atoms with Crippen LogP contribution in [0.4, 0.5) is 5.69 Å². The summed E-state index contributed by atoms with van der Waals surface area (Å²) in [5.41, 5.74) is -0.0180. The van der Waals surface area contributed by atoms with Gasteiger partial charge in [0.05, 0.1) is 17.8 Å². The molecule has 0 heterocycles. The minimum atomic E-state index is -3.46. The van der Waals surface area contributed by atoms with E-state index in [0.29, 0.717) is 17.9 Å². The molecular weight excluding hydrogens is 294 g/mol. The fourth-order valence-corrected chi connectivity index (χ4v) is 2.56. The highest BCUT2D eigenvalue weighted by Gasteiger charge is 2.29. The maximum atomic E-state index is 11.8. The first-order valence-electron chi connectivity index (χ1n) is 6.61. The molecule has 2 N–H and O–H groups in total. The summed E-state index contributed by atoms with van der Waals surface area (Å²) >= 11 is 0. The Morgan fingerprint density at radius 3 is 2.33 bits per heavy atom. The average molecular weight is 315 g/mol. The number of sulfonamides is 1. The number of rotatable bonds is 8. The molecule has 1 rings (SSSR count). The van der Waals surface area contributed by atoms with E-state index < -0.39 is 21.4 Å². The quantitative estimate of drug-likeness (QED) is 0.714. The van der Waals surface area contributed by atoms with Gasteiger partial charge in [0, 0.05) is 12.3 Å². The lowest BCUT2D eigenvalue weighted by molar-refractivity contribution is -0.142. The molecule has 0 fully saturated rings. The lowest BCUT2D eigenvalue weighted by Crippen LogP contribution is -2.28. The number of carboxylic acid groups (broad SMARTS) is 1. The Labute approximate surface area is 125 Å². The van der Waals surface area contributed by atoms with E-state index in [1.165, 1.54) is 0 Å². The van der Waals surface area contributed by atoms with Crippen LogP contribution in [-0.4, -0.2) is 38.5 Å². The molecule has 6 nitrogen and oxygen atoms in total. The van der Waals surface area contributed by atoms with Gasteiger partial charge in [-0.05, 0) is 38.5 Å². The first-order valence-corrected chi connectivity index (χ1v) is 8.26. The number of hydrogen-bond acceptors (Lipinski definition) is 4. The number of carbonyl (C=O) groups is 1. The molecule has 0 amide bonds. The standard InChI is InChI=1S/C14H21NO5S/c1-4-20-9-10-21(18,19)15-12-7-5-11(6-8-12)14(2,3)13(16)17/h5-8,15H,4,9-10H2,1-3H3,(H,16,17). The molecule has 0 aliphatic carbocycles. The monoisotopic (exact) mass is 315 g/mol. The molecule has 0 saturated carbocycles. The van der Waals surface area contributed by atoms with Crippen LogP contribution in [0, 0.1) is 0 Å². The summed E-state index contributed by atoms with van der Waals surface area (Å²) in [5.74, 6) is -1.06.